The monoisotopic (exact) mass is 522 g/mol. The molecule has 5 N–H and O–H groups in total. The second kappa shape index (κ2) is 11.4. The minimum absolute atomic E-state index is 0.0100. The molecule has 198 valence electrons. The number of halogens is 2. The molecule has 0 saturated heterocycles. The van der Waals surface area contributed by atoms with Gasteiger partial charge >= 0.3 is 0 Å². The second-order valence-electron chi connectivity index (χ2n) is 9.12. The van der Waals surface area contributed by atoms with Gasteiger partial charge in [0, 0.05) is 30.3 Å². The van der Waals surface area contributed by atoms with Gasteiger partial charge in [-0.15, -0.1) is 0 Å². The summed E-state index contributed by atoms with van der Waals surface area (Å²) in [6.07, 6.45) is 1.34. The van der Waals surface area contributed by atoms with E-state index in [4.69, 9.17) is 11.5 Å². The van der Waals surface area contributed by atoms with Crippen LogP contribution in [0, 0.1) is 28.7 Å². The maximum absolute atomic E-state index is 14.7. The van der Waals surface area contributed by atoms with Gasteiger partial charge in [0.1, 0.15) is 11.6 Å². The number of imidazole rings is 1. The highest BCUT2D eigenvalue weighted by molar-refractivity contribution is 5.95. The Morgan fingerprint density at radius 1 is 1.11 bits per heavy atom. The first-order valence-electron chi connectivity index (χ1n) is 12.1. The van der Waals surface area contributed by atoms with Crippen molar-refractivity contribution in [1.82, 2.24) is 14.9 Å². The Morgan fingerprint density at radius 3 is 2.55 bits per heavy atom. The van der Waals surface area contributed by atoms with Crippen molar-refractivity contribution in [1.29, 1.82) is 0 Å². The number of fused-ring (bicyclic) bond motifs is 1. The molecule has 1 aromatic heterocycles. The van der Waals surface area contributed by atoms with Crippen LogP contribution in [0.15, 0.2) is 54.6 Å². The van der Waals surface area contributed by atoms with Crippen LogP contribution in [0.1, 0.15) is 34.6 Å². The first-order valence-corrected chi connectivity index (χ1v) is 12.1. The van der Waals surface area contributed by atoms with Gasteiger partial charge in [0.2, 0.25) is 0 Å². The van der Waals surface area contributed by atoms with Crippen LogP contribution in [0.2, 0.25) is 0 Å². The first kappa shape index (κ1) is 26.8. The van der Waals surface area contributed by atoms with E-state index in [2.05, 4.69) is 10.3 Å². The number of non-ortho nitro benzene ring substituents is 1. The number of carbonyl (C=O) groups is 1. The second-order valence-corrected chi connectivity index (χ2v) is 9.12. The van der Waals surface area contributed by atoms with Gasteiger partial charge in [-0.05, 0) is 67.3 Å². The highest BCUT2D eigenvalue weighted by Crippen LogP contribution is 2.28. The van der Waals surface area contributed by atoms with Crippen LogP contribution >= 0.6 is 0 Å². The number of hydrogen-bond donors (Lipinski definition) is 3. The predicted octanol–water partition coefficient (Wildman–Crippen LogP) is 4.04. The van der Waals surface area contributed by atoms with Crippen molar-refractivity contribution in [2.45, 2.75) is 32.4 Å². The molecule has 0 spiro atoms. The lowest BCUT2D eigenvalue weighted by atomic mass is 10.0. The summed E-state index contributed by atoms with van der Waals surface area (Å²) in [6.45, 7) is 2.16. The first-order chi connectivity index (χ1) is 18.2. The number of nitro benzene ring substituents is 1. The summed E-state index contributed by atoms with van der Waals surface area (Å²) in [5.41, 5.74) is 14.1. The van der Waals surface area contributed by atoms with Gasteiger partial charge in [0.05, 0.1) is 22.5 Å². The standard InChI is InChI=1S/C27H28F2N6O3/c1-16-4-5-17(12-23(16)29)18-6-9-25-24(13-18)33-26(27(36)32-14-20(31)3-2-10-30)34(25)15-19-11-21(35(37)38)7-8-22(19)28/h4-9,11-13,20H,2-3,10,14-15,30-31H2,1H3,(H,32,36)/t20-/m0/s1. The largest absolute Gasteiger partial charge is 0.348 e. The van der Waals surface area contributed by atoms with E-state index in [1.165, 1.54) is 10.6 Å². The van der Waals surface area contributed by atoms with Crippen molar-refractivity contribution in [3.8, 4) is 11.1 Å². The van der Waals surface area contributed by atoms with E-state index in [0.29, 0.717) is 47.1 Å². The number of aryl methyl sites for hydroxylation is 1. The molecule has 0 radical (unpaired) electrons. The Hall–Kier alpha value is -4.22. The number of hydrogen-bond acceptors (Lipinski definition) is 6. The summed E-state index contributed by atoms with van der Waals surface area (Å²) in [5.74, 6) is -1.54. The molecule has 3 aromatic carbocycles. The fraction of sp³-hybridized carbons (Fsp3) is 0.259. The van der Waals surface area contributed by atoms with Crippen LogP contribution in [0.3, 0.4) is 0 Å². The fourth-order valence-corrected chi connectivity index (χ4v) is 4.17. The number of carbonyl (C=O) groups excluding carboxylic acids is 1. The molecule has 38 heavy (non-hydrogen) atoms. The zero-order valence-corrected chi connectivity index (χ0v) is 20.8. The van der Waals surface area contributed by atoms with Crippen LogP contribution < -0.4 is 16.8 Å². The number of nitrogens with one attached hydrogen (secondary N) is 1. The molecule has 9 nitrogen and oxygen atoms in total. The van der Waals surface area contributed by atoms with Crippen molar-refractivity contribution in [2.24, 2.45) is 11.5 Å². The van der Waals surface area contributed by atoms with Crippen molar-refractivity contribution in [3.05, 3.63) is 93.3 Å². The number of aromatic nitrogens is 2. The zero-order chi connectivity index (χ0) is 27.4. The van der Waals surface area contributed by atoms with Gasteiger partial charge in [-0.1, -0.05) is 18.2 Å². The third-order valence-electron chi connectivity index (χ3n) is 6.33. The Morgan fingerprint density at radius 2 is 1.84 bits per heavy atom. The molecular formula is C27H28F2N6O3. The summed E-state index contributed by atoms with van der Waals surface area (Å²) in [6, 6.07) is 13.0. The van der Waals surface area contributed by atoms with E-state index >= 15 is 0 Å². The molecule has 0 bridgehead atoms. The number of nitrogens with zero attached hydrogens (tertiary/aromatic N) is 3. The van der Waals surface area contributed by atoms with Gasteiger partial charge in [-0.25, -0.2) is 13.8 Å². The Balaban J connectivity index is 1.75. The van der Waals surface area contributed by atoms with Gasteiger partial charge in [0.25, 0.3) is 11.6 Å². The summed E-state index contributed by atoms with van der Waals surface area (Å²) in [5, 5.41) is 14.0. The lowest BCUT2D eigenvalue weighted by Crippen LogP contribution is -2.38. The third kappa shape index (κ3) is 5.84. The number of nitro groups is 1. The van der Waals surface area contributed by atoms with Gasteiger partial charge in [-0.2, -0.15) is 0 Å². The van der Waals surface area contributed by atoms with Crippen LogP contribution in [-0.4, -0.2) is 39.5 Å². The minimum Gasteiger partial charge on any atom is -0.348 e. The topological polar surface area (TPSA) is 142 Å². The molecule has 0 saturated carbocycles. The van der Waals surface area contributed by atoms with Crippen LogP contribution in [0.25, 0.3) is 22.2 Å². The Kier molecular flexibility index (Phi) is 8.08. The normalized spacial score (nSPS) is 12.0. The summed E-state index contributed by atoms with van der Waals surface area (Å²) in [4.78, 5) is 28.3. The van der Waals surface area contributed by atoms with Gasteiger partial charge in [0.15, 0.2) is 5.82 Å². The molecular weight excluding hydrogens is 494 g/mol. The lowest BCUT2D eigenvalue weighted by Gasteiger charge is -2.13. The van der Waals surface area contributed by atoms with E-state index < -0.39 is 16.6 Å². The molecule has 0 fully saturated rings. The van der Waals surface area contributed by atoms with Gasteiger partial charge < -0.3 is 21.4 Å². The van der Waals surface area contributed by atoms with Crippen LogP contribution in [0.4, 0.5) is 14.5 Å². The molecule has 4 rings (SSSR count). The van der Waals surface area contributed by atoms with E-state index in [0.717, 1.165) is 18.2 Å². The van der Waals surface area contributed by atoms with E-state index in [9.17, 15) is 23.7 Å². The average Bonchev–Trinajstić information content (AvgIpc) is 3.26. The van der Waals surface area contributed by atoms with E-state index in [1.54, 1.807) is 37.3 Å². The summed E-state index contributed by atoms with van der Waals surface area (Å²) < 4.78 is 30.3. The van der Waals surface area contributed by atoms with Crippen molar-refractivity contribution >= 4 is 22.6 Å². The van der Waals surface area contributed by atoms with Gasteiger partial charge in [-0.3, -0.25) is 14.9 Å². The van der Waals surface area contributed by atoms with E-state index in [-0.39, 0.29) is 42.0 Å². The van der Waals surface area contributed by atoms with Crippen molar-refractivity contribution < 1.29 is 18.5 Å². The molecule has 0 aliphatic rings. The zero-order valence-electron chi connectivity index (χ0n) is 20.8. The SMILES string of the molecule is Cc1ccc(-c2ccc3c(c2)nc(C(=O)NC[C@@H](N)CCCN)n3Cc2cc([N+](=O)[O-])ccc2F)cc1F. The van der Waals surface area contributed by atoms with Crippen molar-refractivity contribution in [3.63, 3.8) is 0 Å². The van der Waals surface area contributed by atoms with Crippen LogP contribution in [-0.2, 0) is 6.54 Å². The Bertz CT molecular complexity index is 1500. The quantitative estimate of drug-likeness (QED) is 0.212. The molecule has 0 unspecified atom stereocenters. The summed E-state index contributed by atoms with van der Waals surface area (Å²) >= 11 is 0. The highest BCUT2D eigenvalue weighted by atomic mass is 19.1. The van der Waals surface area contributed by atoms with E-state index in [1.807, 2.05) is 0 Å². The van der Waals surface area contributed by atoms with Crippen molar-refractivity contribution in [2.75, 3.05) is 13.1 Å². The minimum atomic E-state index is -0.653. The molecule has 0 aliphatic carbocycles. The van der Waals surface area contributed by atoms with Crippen LogP contribution in [0.5, 0.6) is 0 Å². The maximum Gasteiger partial charge on any atom is 0.287 e. The molecule has 1 heterocycles. The Labute approximate surface area is 217 Å². The number of benzene rings is 3. The predicted molar refractivity (Wildman–Crippen MR) is 141 cm³/mol. The lowest BCUT2D eigenvalue weighted by molar-refractivity contribution is -0.385. The molecule has 0 aliphatic heterocycles. The fourth-order valence-electron chi connectivity index (χ4n) is 4.17. The number of amides is 1. The molecule has 1 amide bonds. The molecule has 4 aromatic rings. The smallest absolute Gasteiger partial charge is 0.287 e. The highest BCUT2D eigenvalue weighted by Gasteiger charge is 2.21. The maximum atomic E-state index is 14.7. The molecule has 11 heteroatoms. The average molecular weight is 523 g/mol. The number of rotatable bonds is 10. The third-order valence-corrected chi connectivity index (χ3v) is 6.33. The summed E-state index contributed by atoms with van der Waals surface area (Å²) in [7, 11) is 0. The number of nitrogens with two attached hydrogens (primary N) is 2. The molecule has 1 atom stereocenters.